The highest BCUT2D eigenvalue weighted by atomic mass is 79.9. The van der Waals surface area contributed by atoms with Gasteiger partial charge in [-0.15, -0.1) is 0 Å². The minimum absolute atomic E-state index is 0.0334. The monoisotopic (exact) mass is 415 g/mol. The molecule has 2 aromatic carbocycles. The van der Waals surface area contributed by atoms with E-state index in [2.05, 4.69) is 31.9 Å². The van der Waals surface area contributed by atoms with Crippen LogP contribution in [0.2, 0.25) is 0 Å². The Morgan fingerprint density at radius 3 is 2.43 bits per heavy atom. The molecule has 2 rings (SSSR count). The number of nitrogens with two attached hydrogens (primary N) is 1. The molecule has 0 aliphatic carbocycles. The van der Waals surface area contributed by atoms with Crippen molar-refractivity contribution < 1.29 is 9.13 Å². The lowest BCUT2D eigenvalue weighted by atomic mass is 10.1. The average Bonchev–Trinajstić information content (AvgIpc) is 2.39. The Kier molecular flexibility index (Phi) is 5.79. The van der Waals surface area contributed by atoms with Gasteiger partial charge in [0.15, 0.2) is 0 Å². The maximum absolute atomic E-state index is 13.8. The second-order valence-electron chi connectivity index (χ2n) is 4.96. The third kappa shape index (κ3) is 4.80. The van der Waals surface area contributed by atoms with Gasteiger partial charge in [0.25, 0.3) is 0 Å². The van der Waals surface area contributed by atoms with E-state index < -0.39 is 0 Å². The molecule has 112 valence electrons. The van der Waals surface area contributed by atoms with Crippen molar-refractivity contribution in [1.29, 1.82) is 0 Å². The Balaban J connectivity index is 2.15. The largest absolute Gasteiger partial charge is 0.489 e. The Bertz CT molecular complexity index is 632. The summed E-state index contributed by atoms with van der Waals surface area (Å²) in [6, 6.07) is 10.7. The van der Waals surface area contributed by atoms with E-state index in [-0.39, 0.29) is 18.5 Å². The smallest absolute Gasteiger partial charge is 0.130 e. The molecule has 1 unspecified atom stereocenters. The quantitative estimate of drug-likeness (QED) is 0.758. The lowest BCUT2D eigenvalue weighted by Crippen LogP contribution is -2.18. The molecule has 0 aliphatic heterocycles. The zero-order valence-electron chi connectivity index (χ0n) is 11.6. The van der Waals surface area contributed by atoms with Gasteiger partial charge in [0.1, 0.15) is 18.2 Å². The van der Waals surface area contributed by atoms with Crippen molar-refractivity contribution in [3.05, 3.63) is 62.3 Å². The number of halogens is 3. The summed E-state index contributed by atoms with van der Waals surface area (Å²) in [6.07, 6.45) is 0.706. The van der Waals surface area contributed by atoms with E-state index in [0.29, 0.717) is 16.5 Å². The first kappa shape index (κ1) is 16.5. The van der Waals surface area contributed by atoms with Gasteiger partial charge in [-0.05, 0) is 49.2 Å². The van der Waals surface area contributed by atoms with Gasteiger partial charge in [-0.1, -0.05) is 37.9 Å². The fourth-order valence-corrected chi connectivity index (χ4v) is 2.73. The summed E-state index contributed by atoms with van der Waals surface area (Å²) in [6.45, 7) is 2.13. The van der Waals surface area contributed by atoms with Crippen LogP contribution in [0.25, 0.3) is 0 Å². The Morgan fingerprint density at radius 1 is 1.10 bits per heavy atom. The van der Waals surface area contributed by atoms with Gasteiger partial charge in [0.05, 0.1) is 0 Å². The predicted molar refractivity (Wildman–Crippen MR) is 89.9 cm³/mol. The molecule has 2 aromatic rings. The molecule has 0 radical (unpaired) electrons. The first-order chi connectivity index (χ1) is 9.95. The van der Waals surface area contributed by atoms with Crippen LogP contribution in [0, 0.1) is 5.82 Å². The molecule has 0 saturated heterocycles. The molecule has 0 aromatic heterocycles. The Morgan fingerprint density at radius 2 is 1.76 bits per heavy atom. The van der Waals surface area contributed by atoms with Gasteiger partial charge < -0.3 is 10.5 Å². The summed E-state index contributed by atoms with van der Waals surface area (Å²) in [5.74, 6) is 0.452. The number of rotatable bonds is 5. The van der Waals surface area contributed by atoms with E-state index in [4.69, 9.17) is 10.5 Å². The van der Waals surface area contributed by atoms with Crippen LogP contribution >= 0.6 is 31.9 Å². The lowest BCUT2D eigenvalue weighted by Gasteiger charge is -2.14. The minimum Gasteiger partial charge on any atom is -0.489 e. The summed E-state index contributed by atoms with van der Waals surface area (Å²) < 4.78 is 21.2. The van der Waals surface area contributed by atoms with E-state index in [0.717, 1.165) is 15.8 Å². The molecule has 0 bridgehead atoms. The van der Waals surface area contributed by atoms with E-state index in [1.165, 1.54) is 6.07 Å². The van der Waals surface area contributed by atoms with E-state index in [1.54, 1.807) is 12.1 Å². The molecule has 0 fully saturated rings. The number of ether oxygens (including phenoxy) is 1. The number of hydrogen-bond acceptors (Lipinski definition) is 2. The summed E-state index contributed by atoms with van der Waals surface area (Å²) >= 11 is 6.68. The maximum atomic E-state index is 13.8. The van der Waals surface area contributed by atoms with E-state index in [1.807, 2.05) is 25.1 Å². The molecule has 0 spiro atoms. The molecule has 21 heavy (non-hydrogen) atoms. The van der Waals surface area contributed by atoms with Crippen molar-refractivity contribution >= 4 is 31.9 Å². The maximum Gasteiger partial charge on any atom is 0.130 e. The molecule has 5 heteroatoms. The molecule has 0 heterocycles. The summed E-state index contributed by atoms with van der Waals surface area (Å²) in [7, 11) is 0. The minimum atomic E-state index is -0.282. The highest BCUT2D eigenvalue weighted by molar-refractivity contribution is 9.10. The third-order valence-electron chi connectivity index (χ3n) is 2.96. The number of hydrogen-bond donors (Lipinski definition) is 1. The van der Waals surface area contributed by atoms with Crippen LogP contribution in [0.5, 0.6) is 5.75 Å². The van der Waals surface area contributed by atoms with Crippen molar-refractivity contribution in [2.24, 2.45) is 5.73 Å². The van der Waals surface area contributed by atoms with E-state index in [9.17, 15) is 4.39 Å². The molecule has 2 nitrogen and oxygen atoms in total. The molecule has 1 atom stereocenters. The van der Waals surface area contributed by atoms with Crippen molar-refractivity contribution in [1.82, 2.24) is 0 Å². The van der Waals surface area contributed by atoms with Gasteiger partial charge in [-0.25, -0.2) is 4.39 Å². The predicted octanol–water partition coefficient (Wildman–Crippen LogP) is 4.82. The fourth-order valence-electron chi connectivity index (χ4n) is 1.99. The van der Waals surface area contributed by atoms with Crippen LogP contribution < -0.4 is 10.5 Å². The SMILES string of the molecule is CC(N)Cc1cc(Br)ccc1OCc1ccc(Br)cc1F. The zero-order chi connectivity index (χ0) is 15.4. The second-order valence-corrected chi connectivity index (χ2v) is 6.79. The first-order valence-corrected chi connectivity index (χ1v) is 8.15. The van der Waals surface area contributed by atoms with Crippen molar-refractivity contribution in [3.63, 3.8) is 0 Å². The molecular weight excluding hydrogens is 401 g/mol. The van der Waals surface area contributed by atoms with Crippen LogP contribution in [-0.2, 0) is 13.0 Å². The molecule has 0 aliphatic rings. The molecule has 2 N–H and O–H groups in total. The molecular formula is C16H16Br2FNO. The first-order valence-electron chi connectivity index (χ1n) is 6.56. The Labute approximate surface area is 140 Å². The van der Waals surface area contributed by atoms with Gasteiger partial charge in [0, 0.05) is 20.6 Å². The molecule has 0 amide bonds. The highest BCUT2D eigenvalue weighted by Gasteiger charge is 2.09. The van der Waals surface area contributed by atoms with Crippen molar-refractivity contribution in [2.45, 2.75) is 26.0 Å². The molecule has 0 saturated carbocycles. The fraction of sp³-hybridized carbons (Fsp3) is 0.250. The standard InChI is InChI=1S/C16H16Br2FNO/c1-10(20)6-12-7-13(17)4-5-16(12)21-9-11-2-3-14(18)8-15(11)19/h2-5,7-8,10H,6,9,20H2,1H3. The van der Waals surface area contributed by atoms with Crippen molar-refractivity contribution in [3.8, 4) is 5.75 Å². The third-order valence-corrected chi connectivity index (χ3v) is 3.95. The van der Waals surface area contributed by atoms with Crippen LogP contribution in [0.15, 0.2) is 45.3 Å². The van der Waals surface area contributed by atoms with Gasteiger partial charge in [-0.3, -0.25) is 0 Å². The summed E-state index contributed by atoms with van der Waals surface area (Å²) in [5.41, 5.74) is 7.39. The second kappa shape index (κ2) is 7.38. The Hall–Kier alpha value is -0.910. The normalized spacial score (nSPS) is 12.2. The number of benzene rings is 2. The van der Waals surface area contributed by atoms with Gasteiger partial charge in [0.2, 0.25) is 0 Å². The van der Waals surface area contributed by atoms with Crippen LogP contribution in [0.1, 0.15) is 18.1 Å². The van der Waals surface area contributed by atoms with Crippen LogP contribution in [0.3, 0.4) is 0 Å². The van der Waals surface area contributed by atoms with Gasteiger partial charge in [-0.2, -0.15) is 0 Å². The van der Waals surface area contributed by atoms with Crippen LogP contribution in [-0.4, -0.2) is 6.04 Å². The van der Waals surface area contributed by atoms with Crippen LogP contribution in [0.4, 0.5) is 4.39 Å². The van der Waals surface area contributed by atoms with E-state index >= 15 is 0 Å². The lowest BCUT2D eigenvalue weighted by molar-refractivity contribution is 0.296. The summed E-state index contributed by atoms with van der Waals surface area (Å²) in [5, 5.41) is 0. The van der Waals surface area contributed by atoms with Crippen molar-refractivity contribution in [2.75, 3.05) is 0 Å². The van der Waals surface area contributed by atoms with Gasteiger partial charge >= 0.3 is 0 Å². The zero-order valence-corrected chi connectivity index (χ0v) is 14.7. The average molecular weight is 417 g/mol. The highest BCUT2D eigenvalue weighted by Crippen LogP contribution is 2.26. The topological polar surface area (TPSA) is 35.2 Å². The summed E-state index contributed by atoms with van der Waals surface area (Å²) in [4.78, 5) is 0.